The lowest BCUT2D eigenvalue weighted by Gasteiger charge is -2.31. The number of nitrogens with zero attached hydrogens (tertiary/aromatic N) is 1. The number of carbonyl (C=O) groups excluding carboxylic acids is 12. The molecule has 0 spiro atoms. The van der Waals surface area contributed by atoms with E-state index in [0.717, 1.165) is 0 Å². The van der Waals surface area contributed by atoms with Crippen molar-refractivity contribution in [1.82, 2.24) is 52.8 Å². The Kier molecular flexibility index (Phi) is 30.1. The number of likely N-dealkylation sites (tertiary alicyclic amines) is 1. The van der Waals surface area contributed by atoms with Gasteiger partial charge >= 0.3 is 0 Å². The Hall–Kier alpha value is -11.0. The quantitative estimate of drug-likeness (QED) is 0.00744. The summed E-state index contributed by atoms with van der Waals surface area (Å²) in [6.07, 6.45) is -2.11. The molecule has 0 unspecified atom stereocenters. The van der Waals surface area contributed by atoms with E-state index in [1.54, 1.807) is 127 Å². The summed E-state index contributed by atoms with van der Waals surface area (Å²) in [5, 5.41) is 48.8. The third kappa shape index (κ3) is 25.5. The number of primary amides is 3. The van der Waals surface area contributed by atoms with Crippen LogP contribution in [-0.4, -0.2) is 161 Å². The van der Waals surface area contributed by atoms with Crippen LogP contribution in [0.4, 0.5) is 0 Å². The van der Waals surface area contributed by atoms with Crippen molar-refractivity contribution in [2.75, 3.05) is 19.6 Å². The molecule has 11 amide bonds. The van der Waals surface area contributed by atoms with Crippen LogP contribution < -0.4 is 76.5 Å². The van der Waals surface area contributed by atoms with Gasteiger partial charge in [-0.05, 0) is 102 Å². The van der Waals surface area contributed by atoms with Gasteiger partial charge in [0.1, 0.15) is 54.1 Å². The molecular formula is C68H84IN17O13. The van der Waals surface area contributed by atoms with Gasteiger partial charge in [-0.15, -0.1) is 0 Å². The summed E-state index contributed by atoms with van der Waals surface area (Å²) < 4.78 is 0.470. The number of rotatable bonds is 38. The van der Waals surface area contributed by atoms with Gasteiger partial charge in [0.2, 0.25) is 65.0 Å². The molecule has 6 rings (SSSR count). The molecule has 5 aromatic rings. The van der Waals surface area contributed by atoms with E-state index >= 15 is 0 Å². The van der Waals surface area contributed by atoms with Gasteiger partial charge in [0.25, 0.3) is 0 Å². The van der Waals surface area contributed by atoms with Crippen LogP contribution in [0.5, 0.6) is 5.75 Å². The number of nitrogens with one attached hydrogen (secondary N) is 11. The first-order valence-corrected chi connectivity index (χ1v) is 33.0. The Balaban J connectivity index is 1.23. The van der Waals surface area contributed by atoms with Crippen LogP contribution in [0.3, 0.4) is 0 Å². The molecule has 1 aliphatic heterocycles. The maximum Gasteiger partial charge on any atom is 0.245 e. The molecule has 0 saturated carbocycles. The Morgan fingerprint density at radius 1 is 0.495 bits per heavy atom. The van der Waals surface area contributed by atoms with E-state index in [4.69, 9.17) is 39.5 Å². The summed E-state index contributed by atoms with van der Waals surface area (Å²) in [5.41, 5.74) is 31.0. The topological polar surface area (TPSA) is 514 Å². The van der Waals surface area contributed by atoms with E-state index in [1.807, 2.05) is 22.6 Å². The molecule has 22 N–H and O–H groups in total. The maximum atomic E-state index is 14.8. The van der Waals surface area contributed by atoms with E-state index in [2.05, 4.69) is 47.9 Å². The van der Waals surface area contributed by atoms with Crippen LogP contribution in [0.25, 0.3) is 0 Å². The smallest absolute Gasteiger partial charge is 0.245 e. The predicted octanol–water partition coefficient (Wildman–Crippen LogP) is -0.964. The molecule has 8 atom stereocenters. The number of aromatic hydroxyl groups is 1. The van der Waals surface area contributed by atoms with Crippen molar-refractivity contribution < 1.29 is 62.6 Å². The van der Waals surface area contributed by atoms with Crippen molar-refractivity contribution in [3.8, 4) is 5.75 Å². The van der Waals surface area contributed by atoms with Gasteiger partial charge in [0, 0.05) is 56.4 Å². The highest BCUT2D eigenvalue weighted by Crippen LogP contribution is 2.23. The molecular weight excluding hydrogens is 1390 g/mol. The highest BCUT2D eigenvalue weighted by Gasteiger charge is 2.41. The van der Waals surface area contributed by atoms with Crippen molar-refractivity contribution in [2.45, 2.75) is 132 Å². The highest BCUT2D eigenvalue weighted by molar-refractivity contribution is 14.1. The lowest BCUT2D eigenvalue weighted by atomic mass is 9.98. The van der Waals surface area contributed by atoms with Crippen molar-refractivity contribution in [1.29, 1.82) is 10.8 Å². The average Bonchev–Trinajstić information content (AvgIpc) is 1.82. The normalized spacial score (nSPS) is 14.5. The molecule has 0 bridgehead atoms. The summed E-state index contributed by atoms with van der Waals surface area (Å²) in [4.78, 5) is 168. The predicted molar refractivity (Wildman–Crippen MR) is 373 cm³/mol. The fraction of sp³-hybridized carbons (Fsp3) is 0.353. The van der Waals surface area contributed by atoms with E-state index < -0.39 is 139 Å². The number of halogens is 1. The molecule has 1 heterocycles. The molecule has 0 aromatic heterocycles. The molecule has 99 heavy (non-hydrogen) atoms. The van der Waals surface area contributed by atoms with Crippen LogP contribution >= 0.6 is 22.6 Å². The van der Waals surface area contributed by atoms with Crippen LogP contribution in [0.15, 0.2) is 133 Å². The maximum absolute atomic E-state index is 14.8. The van der Waals surface area contributed by atoms with E-state index in [1.165, 1.54) is 11.0 Å². The van der Waals surface area contributed by atoms with Crippen molar-refractivity contribution in [3.05, 3.63) is 170 Å². The van der Waals surface area contributed by atoms with Gasteiger partial charge in [-0.25, -0.2) is 0 Å². The second-order valence-corrected chi connectivity index (χ2v) is 24.8. The number of hydrogen-bond donors (Lipinski definition) is 17. The molecule has 526 valence electrons. The van der Waals surface area contributed by atoms with Gasteiger partial charge in [-0.1, -0.05) is 121 Å². The minimum Gasteiger partial charge on any atom is -0.507 e. The highest BCUT2D eigenvalue weighted by atomic mass is 127. The molecule has 0 radical (unpaired) electrons. The van der Waals surface area contributed by atoms with E-state index in [0.29, 0.717) is 37.0 Å². The largest absolute Gasteiger partial charge is 0.507 e. The fourth-order valence-corrected chi connectivity index (χ4v) is 11.5. The zero-order valence-corrected chi connectivity index (χ0v) is 56.3. The molecule has 30 nitrogen and oxygen atoms in total. The number of carbonyl (C=O) groups is 12. The molecule has 1 aliphatic rings. The molecule has 1 saturated heterocycles. The summed E-state index contributed by atoms with van der Waals surface area (Å²) in [6.45, 7) is 0.0777. The standard InChI is InChI=1S/C68H84IN17O13/c69-45-33-42(24-28-54(45)87)36-49(59(72)92)83-60(93)46(19-10-30-77-67(73)74)81-65(98)53-21-12-32-86(53)66(99)48(20-11-31-78-68(75)76)82-64(97)52(38-56(71)89)85-61(94)47(27-29-55(70)88)80-63(96)51(34-39-13-4-1-5-14-39)84-62(95)50(79-57(90)37-40-15-6-2-7-16-40)35-41-22-25-44(26-23-41)58(91)43-17-8-3-9-18-43/h1-9,13-18,22-26,28,33,46-53,87H,10-12,19-21,27,29-32,34-38H2,(H2,70,88)(H2,71,89)(H2,72,92)(H,79,90)(H,80,96)(H,81,98)(H,82,97)(H,83,93)(H,84,95)(H,85,94)(H4,73,74,77)(H4,75,76,78)/t46-,47-,48-,49-,50+,51-,52-,53-/m0/s1. The lowest BCUT2D eigenvalue weighted by molar-refractivity contribution is -0.143. The van der Waals surface area contributed by atoms with Crippen LogP contribution in [0.1, 0.15) is 96.0 Å². The number of hydrogen-bond acceptors (Lipinski definition) is 15. The lowest BCUT2D eigenvalue weighted by Crippen LogP contribution is -2.61. The minimum absolute atomic E-state index is 0.00778. The van der Waals surface area contributed by atoms with Gasteiger partial charge in [0.15, 0.2) is 17.7 Å². The summed E-state index contributed by atoms with van der Waals surface area (Å²) in [5.74, 6) is -11.0. The van der Waals surface area contributed by atoms with Gasteiger partial charge in [-0.2, -0.15) is 0 Å². The van der Waals surface area contributed by atoms with Gasteiger partial charge in [-0.3, -0.25) is 68.4 Å². The van der Waals surface area contributed by atoms with Crippen LogP contribution in [0.2, 0.25) is 0 Å². The molecule has 5 aromatic carbocycles. The Labute approximate surface area is 584 Å². The Bertz CT molecular complexity index is 3700. The number of amides is 11. The van der Waals surface area contributed by atoms with Crippen LogP contribution in [-0.2, 0) is 78.4 Å². The SMILES string of the molecule is N=C(N)NCCC[C@H](NC(=O)[C@@H]1CCCN1C(=O)[C@H](CCCNC(=N)N)NC(=O)[C@H](CC(N)=O)NC(=O)[C@H](CCC(N)=O)NC(=O)[C@H](Cc1ccccc1)NC(=O)[C@@H](Cc1ccc(C(=O)c2ccccc2)cc1)NC(=O)Cc1ccccc1)C(=O)N[C@@H](Cc1ccc(O)c(I)c1)C(N)=O. The number of phenols is 1. The molecule has 31 heteroatoms. The average molecular weight is 1470 g/mol. The van der Waals surface area contributed by atoms with Crippen LogP contribution in [0, 0.1) is 14.4 Å². The van der Waals surface area contributed by atoms with Gasteiger partial charge in [0.05, 0.1) is 16.4 Å². The van der Waals surface area contributed by atoms with Crippen molar-refractivity contribution in [2.24, 2.45) is 28.7 Å². The number of phenolic OH excluding ortho intramolecular Hbond substituents is 1. The number of ketones is 1. The first-order valence-electron chi connectivity index (χ1n) is 31.9. The van der Waals surface area contributed by atoms with Crippen molar-refractivity contribution in [3.63, 3.8) is 0 Å². The third-order valence-electron chi connectivity index (χ3n) is 16.0. The number of benzene rings is 5. The van der Waals surface area contributed by atoms with Gasteiger partial charge < -0.3 is 86.5 Å². The fourth-order valence-electron chi connectivity index (χ4n) is 10.9. The van der Waals surface area contributed by atoms with Crippen molar-refractivity contribution >= 4 is 105 Å². The number of guanidine groups is 2. The summed E-state index contributed by atoms with van der Waals surface area (Å²) >= 11 is 1.89. The van der Waals surface area contributed by atoms with E-state index in [9.17, 15) is 62.6 Å². The minimum atomic E-state index is -1.88. The Morgan fingerprint density at radius 2 is 0.949 bits per heavy atom. The first kappa shape index (κ1) is 77.0. The summed E-state index contributed by atoms with van der Waals surface area (Å²) in [6, 6.07) is 24.9. The van der Waals surface area contributed by atoms with E-state index in [-0.39, 0.29) is 101 Å². The zero-order valence-electron chi connectivity index (χ0n) is 54.2. The second-order valence-electron chi connectivity index (χ2n) is 23.7. The second kappa shape index (κ2) is 38.7. The summed E-state index contributed by atoms with van der Waals surface area (Å²) in [7, 11) is 0. The first-order chi connectivity index (χ1) is 47.2. The molecule has 1 fully saturated rings. The third-order valence-corrected chi connectivity index (χ3v) is 16.8. The Morgan fingerprint density at radius 3 is 1.51 bits per heavy atom. The zero-order chi connectivity index (χ0) is 72.1. The number of nitrogens with two attached hydrogens (primary N) is 5. The molecule has 0 aliphatic carbocycles. The monoisotopic (exact) mass is 1470 g/mol.